The maximum absolute atomic E-state index is 12.1. The number of halogens is 2. The van der Waals surface area contributed by atoms with Gasteiger partial charge in [0.05, 0.1) is 35.6 Å². The summed E-state index contributed by atoms with van der Waals surface area (Å²) >= 11 is 8.18. The molecule has 7 heteroatoms. The van der Waals surface area contributed by atoms with E-state index in [0.29, 0.717) is 11.4 Å². The van der Waals surface area contributed by atoms with Crippen LogP contribution in [0.3, 0.4) is 0 Å². The maximum Gasteiger partial charge on any atom is 0.261 e. The Balaban J connectivity index is 2.01. The van der Waals surface area contributed by atoms with E-state index in [1.807, 2.05) is 32.3 Å². The lowest BCUT2D eigenvalue weighted by atomic mass is 10.2. The van der Waals surface area contributed by atoms with Crippen LogP contribution in [0.2, 0.25) is 0 Å². The minimum atomic E-state index is -0.0702. The Morgan fingerprint density at radius 2 is 2.25 bits per heavy atom. The molecule has 1 amide bonds. The third-order valence-corrected chi connectivity index (χ3v) is 6.17. The molecule has 0 aliphatic carbocycles. The molecule has 2 heterocycles. The maximum atomic E-state index is 12.1. The summed E-state index contributed by atoms with van der Waals surface area (Å²) in [5, 5.41) is 2.96. The summed E-state index contributed by atoms with van der Waals surface area (Å²) in [5.74, 6) is 0.804. The zero-order chi connectivity index (χ0) is 14.7. The first kappa shape index (κ1) is 15.8. The van der Waals surface area contributed by atoms with Gasteiger partial charge >= 0.3 is 0 Å². The van der Waals surface area contributed by atoms with Crippen LogP contribution in [-0.2, 0) is 0 Å². The third kappa shape index (κ3) is 3.72. The van der Waals surface area contributed by atoms with Crippen molar-refractivity contribution in [2.75, 3.05) is 20.6 Å². The Morgan fingerprint density at radius 3 is 2.75 bits per heavy atom. The van der Waals surface area contributed by atoms with Gasteiger partial charge in [0.25, 0.3) is 5.91 Å². The first-order valence-corrected chi connectivity index (χ1v) is 8.45. The van der Waals surface area contributed by atoms with Crippen LogP contribution in [0, 0.1) is 0 Å². The first-order valence-electron chi connectivity index (χ1n) is 6.05. The molecule has 4 nitrogen and oxygen atoms in total. The average molecular weight is 423 g/mol. The number of hydrogen-bond acceptors (Lipinski definition) is 3. The highest BCUT2D eigenvalue weighted by molar-refractivity contribution is 9.13. The highest BCUT2D eigenvalue weighted by Gasteiger charge is 2.22. The lowest BCUT2D eigenvalue weighted by Crippen LogP contribution is -3.07. The number of rotatable bonds is 5. The molecule has 0 aliphatic rings. The molecule has 0 spiro atoms. The van der Waals surface area contributed by atoms with Gasteiger partial charge in [0.2, 0.25) is 0 Å². The van der Waals surface area contributed by atoms with Gasteiger partial charge in [0.15, 0.2) is 11.8 Å². The molecule has 0 aliphatic heterocycles. The van der Waals surface area contributed by atoms with Crippen molar-refractivity contribution in [2.24, 2.45) is 0 Å². The Hall–Kier alpha value is -0.630. The Morgan fingerprint density at radius 1 is 1.50 bits per heavy atom. The van der Waals surface area contributed by atoms with Crippen LogP contribution >= 0.6 is 43.2 Å². The largest absolute Gasteiger partial charge is 0.463 e. The summed E-state index contributed by atoms with van der Waals surface area (Å²) in [5.41, 5.74) is 0. The number of hydrogen-bond donors (Lipinski definition) is 2. The quantitative estimate of drug-likeness (QED) is 0.777. The minimum absolute atomic E-state index is 0.0702. The van der Waals surface area contributed by atoms with Crippen molar-refractivity contribution in [1.82, 2.24) is 5.32 Å². The monoisotopic (exact) mass is 421 g/mol. The second-order valence-electron chi connectivity index (χ2n) is 4.59. The highest BCUT2D eigenvalue weighted by atomic mass is 79.9. The lowest BCUT2D eigenvalue weighted by molar-refractivity contribution is -0.891. The molecule has 0 unspecified atom stereocenters. The van der Waals surface area contributed by atoms with E-state index < -0.39 is 0 Å². The molecule has 0 bridgehead atoms. The van der Waals surface area contributed by atoms with Gasteiger partial charge < -0.3 is 14.6 Å². The summed E-state index contributed by atoms with van der Waals surface area (Å²) in [6, 6.07) is 5.71. The van der Waals surface area contributed by atoms with E-state index in [2.05, 4.69) is 37.2 Å². The molecule has 0 radical (unpaired) electrons. The zero-order valence-corrected chi connectivity index (χ0v) is 15.1. The van der Waals surface area contributed by atoms with E-state index in [9.17, 15) is 4.79 Å². The van der Waals surface area contributed by atoms with Gasteiger partial charge in [-0.25, -0.2) is 0 Å². The minimum Gasteiger partial charge on any atom is -0.463 e. The summed E-state index contributed by atoms with van der Waals surface area (Å²) < 4.78 is 7.25. The molecule has 1 atom stereocenters. The van der Waals surface area contributed by atoms with Gasteiger partial charge in [-0.05, 0) is 50.1 Å². The molecule has 20 heavy (non-hydrogen) atoms. The van der Waals surface area contributed by atoms with Crippen LogP contribution in [0.5, 0.6) is 0 Å². The molecule has 0 aromatic carbocycles. The molecular weight excluding hydrogens is 408 g/mol. The Bertz CT molecular complexity index is 562. The predicted molar refractivity (Wildman–Crippen MR) is 86.3 cm³/mol. The number of carbonyl (C=O) groups is 1. The topological polar surface area (TPSA) is 46.7 Å². The predicted octanol–water partition coefficient (Wildman–Crippen LogP) is 2.48. The molecular formula is C13H15Br2N2O2S+. The summed E-state index contributed by atoms with van der Waals surface area (Å²) in [6.45, 7) is 0.530. The van der Waals surface area contributed by atoms with E-state index in [0.717, 1.165) is 14.0 Å². The SMILES string of the molecule is C[NH+](C)[C@@H](CNC(=O)c1cc(Br)c(Br)s1)c1ccco1. The smallest absolute Gasteiger partial charge is 0.261 e. The number of nitrogens with one attached hydrogen (secondary N) is 2. The van der Waals surface area contributed by atoms with Crippen LogP contribution < -0.4 is 10.2 Å². The van der Waals surface area contributed by atoms with Crippen molar-refractivity contribution in [2.45, 2.75) is 6.04 Å². The molecule has 0 saturated carbocycles. The van der Waals surface area contributed by atoms with Gasteiger partial charge in [-0.3, -0.25) is 4.79 Å². The fourth-order valence-electron chi connectivity index (χ4n) is 1.82. The van der Waals surface area contributed by atoms with Crippen LogP contribution in [0.4, 0.5) is 0 Å². The van der Waals surface area contributed by atoms with Crippen LogP contribution in [-0.4, -0.2) is 26.5 Å². The Labute approximate surface area is 138 Å². The van der Waals surface area contributed by atoms with Crippen molar-refractivity contribution in [3.05, 3.63) is 43.4 Å². The van der Waals surface area contributed by atoms with Gasteiger partial charge in [-0.15, -0.1) is 11.3 Å². The number of carbonyl (C=O) groups excluding carboxylic acids is 1. The summed E-state index contributed by atoms with van der Waals surface area (Å²) in [7, 11) is 4.08. The van der Waals surface area contributed by atoms with Crippen LogP contribution in [0.15, 0.2) is 37.1 Å². The highest BCUT2D eigenvalue weighted by Crippen LogP contribution is 2.32. The van der Waals surface area contributed by atoms with Gasteiger partial charge in [0.1, 0.15) is 0 Å². The van der Waals surface area contributed by atoms with E-state index in [1.54, 1.807) is 6.26 Å². The van der Waals surface area contributed by atoms with Gasteiger partial charge in [0, 0.05) is 4.47 Å². The fraction of sp³-hybridized carbons (Fsp3) is 0.308. The summed E-state index contributed by atoms with van der Waals surface area (Å²) in [6.07, 6.45) is 1.65. The number of quaternary nitrogens is 1. The average Bonchev–Trinajstić information content (AvgIpc) is 3.00. The second kappa shape index (κ2) is 6.89. The van der Waals surface area contributed by atoms with Crippen LogP contribution in [0.25, 0.3) is 0 Å². The van der Waals surface area contributed by atoms with Crippen LogP contribution in [0.1, 0.15) is 21.5 Å². The van der Waals surface area contributed by atoms with E-state index in [1.165, 1.54) is 16.2 Å². The standard InChI is InChI=1S/C13H14Br2N2O2S/c1-17(2)9(10-4-3-5-19-10)7-16-13(18)11-6-8(14)12(15)20-11/h3-6,9H,7H2,1-2H3,(H,16,18)/p+1/t9-/m0/s1. The zero-order valence-electron chi connectivity index (χ0n) is 11.1. The fourth-order valence-corrected chi connectivity index (χ4v) is 3.77. The molecule has 0 saturated heterocycles. The van der Waals surface area contributed by atoms with Gasteiger partial charge in [-0.2, -0.15) is 0 Å². The number of furan rings is 1. The molecule has 108 valence electrons. The molecule has 2 aromatic rings. The lowest BCUT2D eigenvalue weighted by Gasteiger charge is -2.19. The first-order chi connectivity index (χ1) is 9.49. The van der Waals surface area contributed by atoms with E-state index >= 15 is 0 Å². The summed E-state index contributed by atoms with van der Waals surface area (Å²) in [4.78, 5) is 14.0. The van der Waals surface area contributed by atoms with Crippen molar-refractivity contribution in [3.63, 3.8) is 0 Å². The molecule has 2 rings (SSSR count). The van der Waals surface area contributed by atoms with Crippen molar-refractivity contribution in [1.29, 1.82) is 0 Å². The Kier molecular flexibility index (Phi) is 5.42. The van der Waals surface area contributed by atoms with Crippen molar-refractivity contribution in [3.8, 4) is 0 Å². The molecule has 2 N–H and O–H groups in total. The molecule has 2 aromatic heterocycles. The van der Waals surface area contributed by atoms with Crippen molar-refractivity contribution < 1.29 is 14.1 Å². The van der Waals surface area contributed by atoms with E-state index in [-0.39, 0.29) is 11.9 Å². The normalized spacial score (nSPS) is 12.7. The number of likely N-dealkylation sites (N-methyl/N-ethyl adjacent to an activating group) is 1. The van der Waals surface area contributed by atoms with E-state index in [4.69, 9.17) is 4.42 Å². The second-order valence-corrected chi connectivity index (χ2v) is 7.81. The molecule has 0 fully saturated rings. The third-order valence-electron chi connectivity index (χ3n) is 2.92. The van der Waals surface area contributed by atoms with Gasteiger partial charge in [-0.1, -0.05) is 0 Å². The van der Waals surface area contributed by atoms with Crippen molar-refractivity contribution >= 4 is 49.1 Å². The number of amides is 1. The number of thiophene rings is 1.